The van der Waals surface area contributed by atoms with Gasteiger partial charge in [-0.25, -0.2) is 9.79 Å². The molecule has 0 bridgehead atoms. The first kappa shape index (κ1) is 23.3. The standard InChI is InChI=1S/C26H33N7O2/c1-17(2)12-14-32-22-23(29-25(32)31-13-6-8-19(27)15-31)30(3)26(35)33(24(22)34)16-20-11-10-18-7-4-5-9-21(18)28-20/h4-5,7,9-12,19,22-23H,6,8,13-16,27H2,1-3H3. The highest BCUT2D eigenvalue weighted by Gasteiger charge is 2.52. The third-order valence-electron chi connectivity index (χ3n) is 6.98. The molecule has 0 aliphatic carbocycles. The van der Waals surface area contributed by atoms with Crippen molar-refractivity contribution in [2.45, 2.75) is 51.5 Å². The van der Waals surface area contributed by atoms with Gasteiger partial charge in [0.25, 0.3) is 5.91 Å². The van der Waals surface area contributed by atoms with Crippen molar-refractivity contribution >= 4 is 28.8 Å². The van der Waals surface area contributed by atoms with Gasteiger partial charge in [-0.1, -0.05) is 35.9 Å². The number of benzene rings is 1. The highest BCUT2D eigenvalue weighted by atomic mass is 16.2. The summed E-state index contributed by atoms with van der Waals surface area (Å²) in [6.45, 7) is 6.28. The van der Waals surface area contributed by atoms with Gasteiger partial charge in [0.2, 0.25) is 0 Å². The van der Waals surface area contributed by atoms with Crippen LogP contribution in [0.15, 0.2) is 53.0 Å². The predicted molar refractivity (Wildman–Crippen MR) is 135 cm³/mol. The number of aliphatic imine (C=N–C) groups is 1. The van der Waals surface area contributed by atoms with Crippen LogP contribution in [0.5, 0.6) is 0 Å². The number of para-hydroxylation sites is 1. The number of hydrogen-bond acceptors (Lipinski definition) is 7. The van der Waals surface area contributed by atoms with Crippen molar-refractivity contribution in [3.63, 3.8) is 0 Å². The molecule has 2 fully saturated rings. The van der Waals surface area contributed by atoms with Gasteiger partial charge in [-0.15, -0.1) is 0 Å². The van der Waals surface area contributed by atoms with Gasteiger partial charge in [0.1, 0.15) is 0 Å². The van der Waals surface area contributed by atoms with E-state index in [0.29, 0.717) is 18.8 Å². The number of allylic oxidation sites excluding steroid dienone is 1. The lowest BCUT2D eigenvalue weighted by atomic mass is 10.1. The van der Waals surface area contributed by atoms with E-state index in [-0.39, 0.29) is 24.5 Å². The zero-order valence-corrected chi connectivity index (χ0v) is 20.6. The molecule has 0 spiro atoms. The van der Waals surface area contributed by atoms with Crippen LogP contribution < -0.4 is 5.73 Å². The monoisotopic (exact) mass is 475 g/mol. The summed E-state index contributed by atoms with van der Waals surface area (Å²) in [6.07, 6.45) is 3.50. The Morgan fingerprint density at radius 3 is 2.74 bits per heavy atom. The molecule has 9 nitrogen and oxygen atoms in total. The Labute approximate surface area is 205 Å². The number of nitrogens with two attached hydrogens (primary N) is 1. The van der Waals surface area contributed by atoms with Gasteiger partial charge in [0.15, 0.2) is 18.2 Å². The number of carbonyl (C=O) groups is 2. The van der Waals surface area contributed by atoms with Crippen LogP contribution in [0.2, 0.25) is 0 Å². The number of carbonyl (C=O) groups excluding carboxylic acids is 2. The Bertz CT molecular complexity index is 1210. The number of guanidine groups is 1. The third-order valence-corrected chi connectivity index (χ3v) is 6.98. The van der Waals surface area contributed by atoms with Crippen LogP contribution >= 0.6 is 0 Å². The van der Waals surface area contributed by atoms with E-state index in [1.165, 1.54) is 4.90 Å². The lowest BCUT2D eigenvalue weighted by Gasteiger charge is -2.42. The molecule has 5 rings (SSSR count). The number of imide groups is 1. The fourth-order valence-corrected chi connectivity index (χ4v) is 5.10. The molecular formula is C26H33N7O2. The van der Waals surface area contributed by atoms with Gasteiger partial charge in [0.05, 0.1) is 17.8 Å². The van der Waals surface area contributed by atoms with Crippen LogP contribution in [0.4, 0.5) is 4.79 Å². The average Bonchev–Trinajstić information content (AvgIpc) is 3.24. The number of piperidine rings is 1. The molecule has 2 saturated heterocycles. The van der Waals surface area contributed by atoms with E-state index < -0.39 is 12.2 Å². The van der Waals surface area contributed by atoms with E-state index in [4.69, 9.17) is 10.7 Å². The number of urea groups is 1. The Hall–Kier alpha value is -3.46. The Morgan fingerprint density at radius 2 is 1.97 bits per heavy atom. The zero-order valence-electron chi connectivity index (χ0n) is 20.6. The van der Waals surface area contributed by atoms with Crippen molar-refractivity contribution in [1.29, 1.82) is 0 Å². The summed E-state index contributed by atoms with van der Waals surface area (Å²) >= 11 is 0. The molecule has 1 aromatic heterocycles. The molecule has 3 aliphatic heterocycles. The Balaban J connectivity index is 1.45. The Morgan fingerprint density at radius 1 is 1.17 bits per heavy atom. The van der Waals surface area contributed by atoms with Gasteiger partial charge in [0, 0.05) is 38.1 Å². The molecule has 4 heterocycles. The molecule has 3 amide bonds. The minimum atomic E-state index is -0.582. The number of likely N-dealkylation sites (tertiary alicyclic amines) is 1. The number of fused-ring (bicyclic) bond motifs is 2. The molecule has 2 N–H and O–H groups in total. The predicted octanol–water partition coefficient (Wildman–Crippen LogP) is 2.38. The fourth-order valence-electron chi connectivity index (χ4n) is 5.10. The summed E-state index contributed by atoms with van der Waals surface area (Å²) in [7, 11) is 1.72. The molecule has 3 unspecified atom stereocenters. The maximum Gasteiger partial charge on any atom is 0.328 e. The van der Waals surface area contributed by atoms with E-state index in [0.717, 1.165) is 41.8 Å². The summed E-state index contributed by atoms with van der Waals surface area (Å²) in [4.78, 5) is 43.9. The summed E-state index contributed by atoms with van der Waals surface area (Å²) in [5.74, 6) is 0.515. The minimum absolute atomic E-state index is 0.0740. The smallest absolute Gasteiger partial charge is 0.328 e. The lowest BCUT2D eigenvalue weighted by molar-refractivity contribution is -0.138. The minimum Gasteiger partial charge on any atom is -0.341 e. The Kier molecular flexibility index (Phi) is 6.19. The summed E-state index contributed by atoms with van der Waals surface area (Å²) in [5.41, 5.74) is 8.93. The topological polar surface area (TPSA) is 98.4 Å². The molecule has 2 aromatic rings. The number of aromatic nitrogens is 1. The highest BCUT2D eigenvalue weighted by Crippen LogP contribution is 2.30. The summed E-state index contributed by atoms with van der Waals surface area (Å²) in [6, 6.07) is 10.8. The number of nitrogens with zero attached hydrogens (tertiary/aromatic N) is 6. The number of amides is 3. The summed E-state index contributed by atoms with van der Waals surface area (Å²) < 4.78 is 0. The van der Waals surface area contributed by atoms with Crippen molar-refractivity contribution < 1.29 is 9.59 Å². The van der Waals surface area contributed by atoms with E-state index in [1.807, 2.05) is 55.1 Å². The van der Waals surface area contributed by atoms with Gasteiger partial charge >= 0.3 is 6.03 Å². The largest absolute Gasteiger partial charge is 0.341 e. The lowest BCUT2D eigenvalue weighted by Crippen LogP contribution is -2.65. The SMILES string of the molecule is CC(C)=CCN1C(N2CCCC(N)C2)=NC2C1C(=O)N(Cc1ccc3ccccc3n1)C(=O)N2C. The number of likely N-dealkylation sites (N-methyl/N-ethyl adjacent to an activating group) is 1. The second kappa shape index (κ2) is 9.30. The van der Waals surface area contributed by atoms with Crippen LogP contribution in [0.1, 0.15) is 32.4 Å². The molecular weight excluding hydrogens is 442 g/mol. The second-order valence-corrected chi connectivity index (χ2v) is 9.88. The third kappa shape index (κ3) is 4.36. The van der Waals surface area contributed by atoms with Crippen LogP contribution in [-0.2, 0) is 11.3 Å². The second-order valence-electron chi connectivity index (χ2n) is 9.88. The first-order valence-electron chi connectivity index (χ1n) is 12.2. The quantitative estimate of drug-likeness (QED) is 0.682. The fraction of sp³-hybridized carbons (Fsp3) is 0.462. The van der Waals surface area contributed by atoms with Crippen LogP contribution in [-0.4, -0.2) is 87.4 Å². The van der Waals surface area contributed by atoms with Crippen LogP contribution in [0.3, 0.4) is 0 Å². The highest BCUT2D eigenvalue weighted by molar-refractivity contribution is 6.03. The van der Waals surface area contributed by atoms with Crippen molar-refractivity contribution in [2.24, 2.45) is 10.7 Å². The molecule has 1 aromatic carbocycles. The zero-order chi connectivity index (χ0) is 24.7. The van der Waals surface area contributed by atoms with Gasteiger partial charge in [-0.3, -0.25) is 14.7 Å². The van der Waals surface area contributed by atoms with Crippen molar-refractivity contribution in [3.05, 3.63) is 53.7 Å². The van der Waals surface area contributed by atoms with E-state index in [2.05, 4.69) is 16.0 Å². The maximum atomic E-state index is 13.9. The van der Waals surface area contributed by atoms with E-state index in [1.54, 1.807) is 11.9 Å². The van der Waals surface area contributed by atoms with Crippen molar-refractivity contribution in [3.8, 4) is 0 Å². The maximum absolute atomic E-state index is 13.9. The van der Waals surface area contributed by atoms with E-state index in [9.17, 15) is 9.59 Å². The molecule has 35 heavy (non-hydrogen) atoms. The average molecular weight is 476 g/mol. The van der Waals surface area contributed by atoms with Gasteiger partial charge in [-0.05, 0) is 38.8 Å². The molecule has 184 valence electrons. The van der Waals surface area contributed by atoms with E-state index >= 15 is 0 Å². The van der Waals surface area contributed by atoms with Gasteiger partial charge in [-0.2, -0.15) is 0 Å². The van der Waals surface area contributed by atoms with Crippen molar-refractivity contribution in [1.82, 2.24) is 24.6 Å². The van der Waals surface area contributed by atoms with Crippen molar-refractivity contribution in [2.75, 3.05) is 26.7 Å². The molecule has 3 atom stereocenters. The van der Waals surface area contributed by atoms with Crippen LogP contribution in [0, 0.1) is 0 Å². The first-order chi connectivity index (χ1) is 16.8. The number of rotatable bonds is 4. The normalized spacial score (nSPS) is 24.7. The molecule has 0 saturated carbocycles. The molecule has 3 aliphatic rings. The summed E-state index contributed by atoms with van der Waals surface area (Å²) in [5, 5.41) is 1.02. The van der Waals surface area contributed by atoms with Crippen LogP contribution in [0.25, 0.3) is 10.9 Å². The molecule has 0 radical (unpaired) electrons. The number of pyridine rings is 1. The number of hydrogen-bond donors (Lipinski definition) is 1. The molecule has 9 heteroatoms. The van der Waals surface area contributed by atoms with Gasteiger partial charge < -0.3 is 20.4 Å². The first-order valence-corrected chi connectivity index (χ1v) is 12.2.